The molecule has 0 heterocycles. The van der Waals surface area contributed by atoms with E-state index in [1.54, 1.807) is 0 Å². The van der Waals surface area contributed by atoms with E-state index in [4.69, 9.17) is 0 Å². The lowest BCUT2D eigenvalue weighted by Gasteiger charge is -2.45. The third kappa shape index (κ3) is 5.88. The molecule has 0 bridgehead atoms. The van der Waals surface area contributed by atoms with Gasteiger partial charge in [-0.3, -0.25) is 4.90 Å². The Morgan fingerprint density at radius 2 is 2.00 bits per heavy atom. The van der Waals surface area contributed by atoms with Gasteiger partial charge in [-0.1, -0.05) is 40.5 Å². The minimum atomic E-state index is 0.281. The highest BCUT2D eigenvalue weighted by molar-refractivity contribution is 4.91. The van der Waals surface area contributed by atoms with Crippen molar-refractivity contribution in [2.45, 2.75) is 72.3 Å². The van der Waals surface area contributed by atoms with Crippen LogP contribution in [0.4, 0.5) is 0 Å². The van der Waals surface area contributed by atoms with E-state index < -0.39 is 0 Å². The summed E-state index contributed by atoms with van der Waals surface area (Å²) < 4.78 is 0. The van der Waals surface area contributed by atoms with E-state index in [0.717, 1.165) is 32.1 Å². The molecule has 126 valence electrons. The van der Waals surface area contributed by atoms with Crippen molar-refractivity contribution in [3.8, 4) is 0 Å². The van der Waals surface area contributed by atoms with E-state index in [1.807, 2.05) is 0 Å². The van der Waals surface area contributed by atoms with E-state index in [-0.39, 0.29) is 6.61 Å². The molecule has 1 saturated carbocycles. The molecule has 0 aromatic carbocycles. The molecule has 2 unspecified atom stereocenters. The molecular formula is C18H38N2O. The van der Waals surface area contributed by atoms with Gasteiger partial charge in [0, 0.05) is 25.7 Å². The zero-order valence-corrected chi connectivity index (χ0v) is 14.8. The van der Waals surface area contributed by atoms with Gasteiger partial charge in [-0.05, 0) is 43.6 Å². The second kappa shape index (κ2) is 9.81. The van der Waals surface area contributed by atoms with Crippen molar-refractivity contribution in [1.82, 2.24) is 10.2 Å². The Labute approximate surface area is 132 Å². The molecule has 0 saturated heterocycles. The van der Waals surface area contributed by atoms with Gasteiger partial charge in [-0.25, -0.2) is 0 Å². The summed E-state index contributed by atoms with van der Waals surface area (Å²) in [4.78, 5) is 2.56. The number of aliphatic hydroxyl groups is 1. The van der Waals surface area contributed by atoms with Crippen LogP contribution in [0.1, 0.15) is 66.2 Å². The van der Waals surface area contributed by atoms with Gasteiger partial charge in [-0.2, -0.15) is 0 Å². The van der Waals surface area contributed by atoms with Gasteiger partial charge < -0.3 is 10.4 Å². The van der Waals surface area contributed by atoms with Crippen LogP contribution < -0.4 is 5.32 Å². The number of nitrogens with zero attached hydrogens (tertiary/aromatic N) is 1. The fourth-order valence-corrected chi connectivity index (χ4v) is 4.27. The van der Waals surface area contributed by atoms with Crippen LogP contribution in [0.15, 0.2) is 0 Å². The third-order valence-corrected chi connectivity index (χ3v) is 5.32. The van der Waals surface area contributed by atoms with Crippen molar-refractivity contribution in [2.24, 2.45) is 11.3 Å². The van der Waals surface area contributed by atoms with Gasteiger partial charge in [0.15, 0.2) is 0 Å². The van der Waals surface area contributed by atoms with Crippen molar-refractivity contribution in [1.29, 1.82) is 0 Å². The number of hydrogen-bond donors (Lipinski definition) is 2. The van der Waals surface area contributed by atoms with Crippen molar-refractivity contribution < 1.29 is 5.11 Å². The Morgan fingerprint density at radius 3 is 2.52 bits per heavy atom. The fraction of sp³-hybridized carbons (Fsp3) is 1.00. The second-order valence-electron chi connectivity index (χ2n) is 7.15. The predicted molar refractivity (Wildman–Crippen MR) is 91.6 cm³/mol. The Kier molecular flexibility index (Phi) is 8.84. The molecule has 0 aromatic rings. The van der Waals surface area contributed by atoms with E-state index in [2.05, 4.69) is 37.9 Å². The number of nitrogens with one attached hydrogen (secondary N) is 1. The fourth-order valence-electron chi connectivity index (χ4n) is 4.27. The zero-order chi connectivity index (χ0) is 15.7. The summed E-state index contributed by atoms with van der Waals surface area (Å²) in [7, 11) is 0. The predicted octanol–water partition coefficient (Wildman–Crippen LogP) is 3.28. The lowest BCUT2D eigenvalue weighted by molar-refractivity contribution is 0.0449. The summed E-state index contributed by atoms with van der Waals surface area (Å²) in [6, 6.07) is 0.618. The highest BCUT2D eigenvalue weighted by atomic mass is 16.3. The molecule has 2 atom stereocenters. The SMILES string of the molecule is CCNCC1(CN(CCO)C(CC)CC)CCCC(C)C1. The van der Waals surface area contributed by atoms with Crippen LogP contribution in [-0.4, -0.2) is 48.8 Å². The van der Waals surface area contributed by atoms with Gasteiger partial charge in [0.1, 0.15) is 0 Å². The summed E-state index contributed by atoms with van der Waals surface area (Å²) in [5.74, 6) is 0.843. The Morgan fingerprint density at radius 1 is 1.29 bits per heavy atom. The van der Waals surface area contributed by atoms with Crippen molar-refractivity contribution >= 4 is 0 Å². The van der Waals surface area contributed by atoms with Crippen molar-refractivity contribution in [3.05, 3.63) is 0 Å². The van der Waals surface area contributed by atoms with Crippen molar-refractivity contribution in [3.63, 3.8) is 0 Å². The van der Waals surface area contributed by atoms with E-state index >= 15 is 0 Å². The van der Waals surface area contributed by atoms with Crippen LogP contribution in [0.2, 0.25) is 0 Å². The third-order valence-electron chi connectivity index (χ3n) is 5.32. The minimum absolute atomic E-state index is 0.281. The quantitative estimate of drug-likeness (QED) is 0.650. The molecule has 0 spiro atoms. The van der Waals surface area contributed by atoms with Crippen LogP contribution >= 0.6 is 0 Å². The Balaban J connectivity index is 2.80. The van der Waals surface area contributed by atoms with Crippen LogP contribution in [0.25, 0.3) is 0 Å². The molecule has 3 heteroatoms. The molecule has 0 aromatic heterocycles. The van der Waals surface area contributed by atoms with Crippen LogP contribution in [0, 0.1) is 11.3 Å². The maximum absolute atomic E-state index is 9.46. The molecule has 1 fully saturated rings. The second-order valence-corrected chi connectivity index (χ2v) is 7.15. The molecule has 21 heavy (non-hydrogen) atoms. The molecule has 0 radical (unpaired) electrons. The van der Waals surface area contributed by atoms with E-state index in [9.17, 15) is 5.11 Å². The first kappa shape index (κ1) is 18.9. The minimum Gasteiger partial charge on any atom is -0.395 e. The maximum Gasteiger partial charge on any atom is 0.0558 e. The molecule has 0 aliphatic heterocycles. The highest BCUT2D eigenvalue weighted by Gasteiger charge is 2.37. The normalized spacial score (nSPS) is 26.7. The molecule has 0 amide bonds. The summed E-state index contributed by atoms with van der Waals surface area (Å²) in [5.41, 5.74) is 0.408. The molecule has 1 rings (SSSR count). The smallest absolute Gasteiger partial charge is 0.0558 e. The molecule has 2 N–H and O–H groups in total. The maximum atomic E-state index is 9.46. The summed E-state index contributed by atoms with van der Waals surface area (Å²) >= 11 is 0. The van der Waals surface area contributed by atoms with Crippen LogP contribution in [0.5, 0.6) is 0 Å². The summed E-state index contributed by atoms with van der Waals surface area (Å²) in [6.45, 7) is 13.6. The summed E-state index contributed by atoms with van der Waals surface area (Å²) in [5, 5.41) is 13.1. The molecule has 3 nitrogen and oxygen atoms in total. The molecular weight excluding hydrogens is 260 g/mol. The standard InChI is InChI=1S/C18H38N2O/c1-5-17(6-2)20(11-12-21)15-18(14-19-7-3)10-8-9-16(4)13-18/h16-17,19,21H,5-15H2,1-4H3. The first-order valence-corrected chi connectivity index (χ1v) is 9.16. The number of rotatable bonds is 10. The van der Waals surface area contributed by atoms with Gasteiger partial charge in [0.25, 0.3) is 0 Å². The van der Waals surface area contributed by atoms with E-state index in [0.29, 0.717) is 11.5 Å². The highest BCUT2D eigenvalue weighted by Crippen LogP contribution is 2.40. The summed E-state index contributed by atoms with van der Waals surface area (Å²) in [6.07, 6.45) is 7.79. The first-order valence-electron chi connectivity index (χ1n) is 9.16. The van der Waals surface area contributed by atoms with Gasteiger partial charge in [0.2, 0.25) is 0 Å². The monoisotopic (exact) mass is 298 g/mol. The van der Waals surface area contributed by atoms with E-state index in [1.165, 1.54) is 38.5 Å². The number of hydrogen-bond acceptors (Lipinski definition) is 3. The Hall–Kier alpha value is -0.120. The average Bonchev–Trinajstić information content (AvgIpc) is 2.47. The lowest BCUT2D eigenvalue weighted by Crippen LogP contribution is -2.50. The van der Waals surface area contributed by atoms with Gasteiger partial charge >= 0.3 is 0 Å². The van der Waals surface area contributed by atoms with Gasteiger partial charge in [-0.15, -0.1) is 0 Å². The van der Waals surface area contributed by atoms with Crippen LogP contribution in [-0.2, 0) is 0 Å². The molecule has 1 aliphatic carbocycles. The largest absolute Gasteiger partial charge is 0.395 e. The van der Waals surface area contributed by atoms with Crippen LogP contribution in [0.3, 0.4) is 0 Å². The van der Waals surface area contributed by atoms with Crippen molar-refractivity contribution in [2.75, 3.05) is 32.8 Å². The van der Waals surface area contributed by atoms with Gasteiger partial charge in [0.05, 0.1) is 6.61 Å². The number of aliphatic hydroxyl groups excluding tert-OH is 1. The first-order chi connectivity index (χ1) is 10.1. The average molecular weight is 299 g/mol. The zero-order valence-electron chi connectivity index (χ0n) is 14.8. The Bertz CT molecular complexity index is 268. The topological polar surface area (TPSA) is 35.5 Å². The molecule has 1 aliphatic rings. The lowest BCUT2D eigenvalue weighted by atomic mass is 9.69.